The summed E-state index contributed by atoms with van der Waals surface area (Å²) in [6.07, 6.45) is 8.34. The zero-order chi connectivity index (χ0) is 34.4. The molecule has 248 valence electrons. The molecule has 53 heavy (non-hydrogen) atoms. The van der Waals surface area contributed by atoms with Crippen molar-refractivity contribution in [3.63, 3.8) is 0 Å². The fourth-order valence-electron chi connectivity index (χ4n) is 8.95. The van der Waals surface area contributed by atoms with Gasteiger partial charge in [0.05, 0.1) is 33.1 Å². The summed E-state index contributed by atoms with van der Waals surface area (Å²) in [6.45, 7) is 0. The topological polar surface area (TPSA) is 52.4 Å². The van der Waals surface area contributed by atoms with Crippen molar-refractivity contribution in [2.75, 3.05) is 0 Å². The van der Waals surface area contributed by atoms with E-state index in [0.29, 0.717) is 23.5 Å². The summed E-state index contributed by atoms with van der Waals surface area (Å²) < 4.78 is 7.12. The smallest absolute Gasteiger partial charge is 0.238 e. The molecule has 2 aliphatic carbocycles. The van der Waals surface area contributed by atoms with Crippen LogP contribution in [-0.4, -0.2) is 27.1 Å². The predicted octanol–water partition coefficient (Wildman–Crippen LogP) is 11.4. The molecule has 5 heterocycles. The highest BCUT2D eigenvalue weighted by Gasteiger charge is 2.35. The summed E-state index contributed by atoms with van der Waals surface area (Å²) in [4.78, 5) is 15.7. The molecular weight excluding hydrogens is 669 g/mol. The number of aromatic nitrogens is 6. The Bertz CT molecular complexity index is 3240. The van der Waals surface area contributed by atoms with Gasteiger partial charge in [-0.15, -0.1) is 0 Å². The van der Waals surface area contributed by atoms with E-state index < -0.39 is 0 Å². The molecule has 0 radical (unpaired) electrons. The van der Waals surface area contributed by atoms with Gasteiger partial charge in [0.1, 0.15) is 0 Å². The van der Waals surface area contributed by atoms with Gasteiger partial charge in [-0.25, -0.2) is 12.6 Å². The van der Waals surface area contributed by atoms with Crippen molar-refractivity contribution in [1.82, 2.24) is 27.1 Å². The van der Waals surface area contributed by atoms with E-state index in [1.165, 1.54) is 71.9 Å². The molecule has 1 fully saturated rings. The minimum absolute atomic E-state index is 0.605. The maximum absolute atomic E-state index is 5.31. The molecule has 0 amide bonds. The Morgan fingerprint density at radius 3 is 1.68 bits per heavy atom. The number of para-hydroxylation sites is 2. The number of benzene rings is 6. The van der Waals surface area contributed by atoms with Gasteiger partial charge in [-0.05, 0) is 53.7 Å². The van der Waals surface area contributed by atoms with Crippen LogP contribution in [0.1, 0.15) is 12.0 Å². The Kier molecular flexibility index (Phi) is 5.33. The number of rotatable bonds is 4. The van der Waals surface area contributed by atoms with Gasteiger partial charge in [-0.1, -0.05) is 121 Å². The van der Waals surface area contributed by atoms with Crippen LogP contribution >= 0.6 is 11.7 Å². The zero-order valence-electron chi connectivity index (χ0n) is 28.3. The predicted molar refractivity (Wildman–Crippen MR) is 217 cm³/mol. The molecule has 0 N–H and O–H groups in total. The molecule has 0 bridgehead atoms. The van der Waals surface area contributed by atoms with Crippen LogP contribution in [0.4, 0.5) is 0 Å². The summed E-state index contributed by atoms with van der Waals surface area (Å²) in [7, 11) is 0. The first-order valence-corrected chi connectivity index (χ1v) is 18.9. The number of nitrogens with zero attached hydrogens (tertiary/aromatic N) is 6. The second-order valence-electron chi connectivity index (χ2n) is 14.5. The second-order valence-corrected chi connectivity index (χ2v) is 15.4. The van der Waals surface area contributed by atoms with Crippen LogP contribution in [0.2, 0.25) is 0 Å². The number of fused-ring (bicyclic) bond motifs is 7. The molecule has 5 aromatic heterocycles. The molecule has 2 unspecified atom stereocenters. The van der Waals surface area contributed by atoms with Crippen molar-refractivity contribution in [3.8, 4) is 28.7 Å². The zero-order valence-corrected chi connectivity index (χ0v) is 29.1. The van der Waals surface area contributed by atoms with Gasteiger partial charge in [0.25, 0.3) is 0 Å². The molecule has 13 rings (SSSR count). The first-order valence-electron chi connectivity index (χ1n) is 18.2. The summed E-state index contributed by atoms with van der Waals surface area (Å²) in [5, 5.41) is 7.42. The summed E-state index contributed by atoms with van der Waals surface area (Å²) in [5.74, 6) is 3.34. The van der Waals surface area contributed by atoms with Crippen LogP contribution in [0, 0.1) is 11.8 Å². The van der Waals surface area contributed by atoms with Gasteiger partial charge in [0, 0.05) is 55.2 Å². The van der Waals surface area contributed by atoms with Gasteiger partial charge in [0.2, 0.25) is 5.95 Å². The average molecular weight is 697 g/mol. The van der Waals surface area contributed by atoms with E-state index in [1.54, 1.807) is 11.7 Å². The van der Waals surface area contributed by atoms with Crippen LogP contribution in [0.5, 0.6) is 0 Å². The Hall–Kier alpha value is -6.57. The number of hydrogen-bond acceptors (Lipinski definition) is 4. The minimum Gasteiger partial charge on any atom is -0.278 e. The SMILES string of the molecule is C1=CC2CC2C=C1c1ccc(-c2nc(-c3ccccc3)nc(-n3c4ccc5c6ccccc6n6sn7c8ccccc8c8ccc3c(c4c56)c87)n2)cc1. The summed E-state index contributed by atoms with van der Waals surface area (Å²) >= 11 is 1.77. The lowest BCUT2D eigenvalue weighted by molar-refractivity contribution is 0.953. The minimum atomic E-state index is 0.605. The van der Waals surface area contributed by atoms with Crippen molar-refractivity contribution in [2.45, 2.75) is 6.42 Å². The molecule has 2 atom stereocenters. The van der Waals surface area contributed by atoms with Crippen molar-refractivity contribution in [3.05, 3.63) is 151 Å². The average Bonchev–Trinajstić information content (AvgIpc) is 3.75. The molecule has 6 nitrogen and oxygen atoms in total. The van der Waals surface area contributed by atoms with Gasteiger partial charge in [-0.3, -0.25) is 4.57 Å². The van der Waals surface area contributed by atoms with Crippen LogP contribution in [0.3, 0.4) is 0 Å². The van der Waals surface area contributed by atoms with E-state index in [4.69, 9.17) is 15.0 Å². The molecule has 0 saturated heterocycles. The van der Waals surface area contributed by atoms with Gasteiger partial charge < -0.3 is 0 Å². The van der Waals surface area contributed by atoms with Crippen LogP contribution in [-0.2, 0) is 0 Å². The first kappa shape index (κ1) is 28.1. The summed E-state index contributed by atoms with van der Waals surface area (Å²) in [6, 6.07) is 45.6. The van der Waals surface area contributed by atoms with Crippen molar-refractivity contribution in [2.24, 2.45) is 11.8 Å². The number of hydrogen-bond donors (Lipinski definition) is 0. The lowest BCUT2D eigenvalue weighted by Crippen LogP contribution is -2.06. The Morgan fingerprint density at radius 1 is 0.491 bits per heavy atom. The molecule has 11 aromatic rings. The van der Waals surface area contributed by atoms with E-state index in [2.05, 4.69) is 140 Å². The quantitative estimate of drug-likeness (QED) is 0.184. The lowest BCUT2D eigenvalue weighted by Gasteiger charge is -2.12. The molecule has 2 aliphatic rings. The molecule has 1 saturated carbocycles. The molecular formula is C46H28N6S. The van der Waals surface area contributed by atoms with Crippen molar-refractivity contribution in [1.29, 1.82) is 0 Å². The highest BCUT2D eigenvalue weighted by Crippen LogP contribution is 2.47. The molecule has 0 spiro atoms. The van der Waals surface area contributed by atoms with Crippen LogP contribution < -0.4 is 0 Å². The van der Waals surface area contributed by atoms with Gasteiger partial charge >= 0.3 is 0 Å². The standard InChI is InChI=1S/C46H28N6S/c1-2-8-27(9-3-1)44-47-45(28-16-14-26(15-17-28)29-18-19-30-25-31(30)24-29)49-46(48-44)50-38-22-20-34-32-10-4-6-12-36(32)51-42(34)40(38)41-39(50)23-21-35-33-11-5-7-13-37(33)52(53-51)43(35)41/h1-24,30-31H,25H2. The lowest BCUT2D eigenvalue weighted by atomic mass is 9.98. The van der Waals surface area contributed by atoms with Crippen molar-refractivity contribution >= 4 is 82.7 Å². The van der Waals surface area contributed by atoms with E-state index in [-0.39, 0.29) is 0 Å². The van der Waals surface area contributed by atoms with E-state index >= 15 is 0 Å². The normalized spacial score (nSPS) is 17.0. The third-order valence-corrected chi connectivity index (χ3v) is 12.7. The van der Waals surface area contributed by atoms with E-state index in [9.17, 15) is 0 Å². The van der Waals surface area contributed by atoms with Gasteiger partial charge in [-0.2, -0.15) is 9.97 Å². The monoisotopic (exact) mass is 696 g/mol. The van der Waals surface area contributed by atoms with E-state index in [0.717, 1.165) is 28.1 Å². The first-order chi connectivity index (χ1) is 26.3. The fraction of sp³-hybridized carbons (Fsp3) is 0.0652. The second kappa shape index (κ2) is 10.1. The fourth-order valence-corrected chi connectivity index (χ4v) is 10.2. The summed E-state index contributed by atoms with van der Waals surface area (Å²) in [5.41, 5.74) is 11.4. The molecule has 7 heteroatoms. The van der Waals surface area contributed by atoms with Crippen LogP contribution in [0.25, 0.3) is 99.7 Å². The Labute approximate surface area is 306 Å². The highest BCUT2D eigenvalue weighted by molar-refractivity contribution is 7.02. The Balaban J connectivity index is 1.13. The van der Waals surface area contributed by atoms with E-state index in [1.807, 2.05) is 18.2 Å². The third-order valence-electron chi connectivity index (χ3n) is 11.6. The molecule has 6 aromatic carbocycles. The Morgan fingerprint density at radius 2 is 1.06 bits per heavy atom. The maximum Gasteiger partial charge on any atom is 0.238 e. The van der Waals surface area contributed by atoms with Crippen molar-refractivity contribution < 1.29 is 0 Å². The third kappa shape index (κ3) is 3.79. The van der Waals surface area contributed by atoms with Gasteiger partial charge in [0.15, 0.2) is 11.6 Å². The molecule has 0 aliphatic heterocycles. The largest absolute Gasteiger partial charge is 0.278 e. The maximum atomic E-state index is 5.31. The highest BCUT2D eigenvalue weighted by atomic mass is 32.1. The van der Waals surface area contributed by atoms with Crippen LogP contribution in [0.15, 0.2) is 146 Å². The number of allylic oxidation sites excluding steroid dienone is 4.